The number of aliphatic imine (C=N–C) groups is 1. The van der Waals surface area contributed by atoms with E-state index in [2.05, 4.69) is 10.3 Å². The molecule has 140 valence electrons. The molecule has 0 saturated carbocycles. The standard InChI is InChI=1S/C17H24N6O3/c1-10(2)20-16-15(17(25)23-5-3-4-22(16)23)21-13-9-14(26-7-6-24)12(19)8-11(13)18/h8-10,19-20,24H,3-7,18H2,1-2H3. The molecule has 9 heteroatoms. The number of hydrogen-bond donors (Lipinski definition) is 4. The van der Waals surface area contributed by atoms with Gasteiger partial charge in [0, 0.05) is 25.2 Å². The van der Waals surface area contributed by atoms with Crippen molar-refractivity contribution in [1.82, 2.24) is 9.36 Å². The van der Waals surface area contributed by atoms with Crippen LogP contribution in [0.5, 0.6) is 0 Å². The van der Waals surface area contributed by atoms with Gasteiger partial charge in [-0.3, -0.25) is 14.9 Å². The van der Waals surface area contributed by atoms with Gasteiger partial charge in [0.1, 0.15) is 12.4 Å². The van der Waals surface area contributed by atoms with Crippen LogP contribution in [0, 0.1) is 5.41 Å². The number of ether oxygens (including phenoxy) is 1. The summed E-state index contributed by atoms with van der Waals surface area (Å²) in [6.07, 6.45) is 3.87. The number of fused-ring (bicyclic) bond motifs is 1. The van der Waals surface area contributed by atoms with Crippen LogP contribution in [0.4, 0.5) is 11.5 Å². The summed E-state index contributed by atoms with van der Waals surface area (Å²) in [6.45, 7) is 5.32. The maximum Gasteiger partial charge on any atom is 0.294 e. The minimum absolute atomic E-state index is 0.0680. The molecule has 2 aliphatic rings. The topological polar surface area (TPSA) is 131 Å². The predicted molar refractivity (Wildman–Crippen MR) is 100 cm³/mol. The zero-order valence-electron chi connectivity index (χ0n) is 15.0. The number of rotatable bonds is 6. The van der Waals surface area contributed by atoms with Crippen molar-refractivity contribution in [2.75, 3.05) is 18.5 Å². The molecule has 1 aliphatic carbocycles. The Morgan fingerprint density at radius 3 is 2.81 bits per heavy atom. The third-order valence-electron chi connectivity index (χ3n) is 4.09. The number of aliphatic hydroxyl groups excluding tert-OH is 1. The van der Waals surface area contributed by atoms with Crippen LogP contribution in [-0.2, 0) is 17.8 Å². The smallest absolute Gasteiger partial charge is 0.294 e. The summed E-state index contributed by atoms with van der Waals surface area (Å²) in [6, 6.07) is 0.139. The molecule has 0 aromatic carbocycles. The van der Waals surface area contributed by atoms with E-state index in [1.807, 2.05) is 18.5 Å². The Labute approximate surface area is 151 Å². The normalized spacial score (nSPS) is 18.2. The van der Waals surface area contributed by atoms with Gasteiger partial charge in [-0.2, -0.15) is 0 Å². The van der Waals surface area contributed by atoms with Crippen LogP contribution in [0.3, 0.4) is 0 Å². The molecular formula is C17H24N6O3. The molecule has 1 aliphatic heterocycles. The van der Waals surface area contributed by atoms with Crippen molar-refractivity contribution in [3.05, 3.63) is 34.0 Å². The third kappa shape index (κ3) is 3.30. The molecule has 1 aromatic heterocycles. The Kier molecular flexibility index (Phi) is 4.99. The summed E-state index contributed by atoms with van der Waals surface area (Å²) in [4.78, 5) is 17.3. The highest BCUT2D eigenvalue weighted by Gasteiger charge is 2.25. The van der Waals surface area contributed by atoms with Crippen LogP contribution >= 0.6 is 0 Å². The van der Waals surface area contributed by atoms with Crippen molar-refractivity contribution in [1.29, 1.82) is 5.41 Å². The van der Waals surface area contributed by atoms with Crippen molar-refractivity contribution < 1.29 is 9.84 Å². The first-order chi connectivity index (χ1) is 12.4. The summed E-state index contributed by atoms with van der Waals surface area (Å²) in [7, 11) is 0. The van der Waals surface area contributed by atoms with E-state index in [9.17, 15) is 4.79 Å². The van der Waals surface area contributed by atoms with Gasteiger partial charge in [0.05, 0.1) is 23.7 Å². The molecule has 3 rings (SSSR count). The summed E-state index contributed by atoms with van der Waals surface area (Å²) in [5.41, 5.74) is 6.89. The third-order valence-corrected chi connectivity index (χ3v) is 4.09. The second kappa shape index (κ2) is 7.20. The van der Waals surface area contributed by atoms with Gasteiger partial charge in [0.15, 0.2) is 11.5 Å². The van der Waals surface area contributed by atoms with Crippen molar-refractivity contribution in [2.45, 2.75) is 39.4 Å². The molecular weight excluding hydrogens is 336 g/mol. The lowest BCUT2D eigenvalue weighted by atomic mass is 10.1. The maximum absolute atomic E-state index is 12.8. The first-order valence-electron chi connectivity index (χ1n) is 8.63. The van der Waals surface area contributed by atoms with Gasteiger partial charge >= 0.3 is 0 Å². The Hall–Kier alpha value is -2.81. The number of allylic oxidation sites excluding steroid dienone is 2. The fourth-order valence-electron chi connectivity index (χ4n) is 3.00. The van der Waals surface area contributed by atoms with E-state index in [1.54, 1.807) is 4.68 Å². The maximum atomic E-state index is 12.8. The Morgan fingerprint density at radius 1 is 1.38 bits per heavy atom. The fourth-order valence-corrected chi connectivity index (χ4v) is 3.00. The SMILES string of the molecule is CC(C)Nc1c(N=C2C=C(OCCO)C(=N)C=C2N)c(=O)n2n1CCC2. The first kappa shape index (κ1) is 18.0. The Balaban J connectivity index is 2.06. The van der Waals surface area contributed by atoms with Gasteiger partial charge < -0.3 is 20.9 Å². The zero-order chi connectivity index (χ0) is 18.8. The number of aromatic nitrogens is 2. The monoisotopic (exact) mass is 360 g/mol. The van der Waals surface area contributed by atoms with Crippen LogP contribution in [0.25, 0.3) is 0 Å². The quantitative estimate of drug-likeness (QED) is 0.555. The zero-order valence-corrected chi connectivity index (χ0v) is 15.0. The number of nitrogens with two attached hydrogens (primary N) is 1. The van der Waals surface area contributed by atoms with Crippen LogP contribution in [0.15, 0.2) is 33.4 Å². The number of nitrogens with one attached hydrogen (secondary N) is 2. The van der Waals surface area contributed by atoms with Gasteiger partial charge in [-0.1, -0.05) is 0 Å². The first-order valence-corrected chi connectivity index (χ1v) is 8.63. The molecule has 9 nitrogen and oxygen atoms in total. The summed E-state index contributed by atoms with van der Waals surface area (Å²) < 4.78 is 8.95. The minimum atomic E-state index is -0.169. The molecule has 0 fully saturated rings. The molecule has 0 spiro atoms. The van der Waals surface area contributed by atoms with E-state index in [4.69, 9.17) is 21.0 Å². The lowest BCUT2D eigenvalue weighted by molar-refractivity contribution is 0.156. The molecule has 2 heterocycles. The van der Waals surface area contributed by atoms with Gasteiger partial charge in [-0.15, -0.1) is 0 Å². The summed E-state index contributed by atoms with van der Waals surface area (Å²) in [5.74, 6) is 0.937. The van der Waals surface area contributed by atoms with Gasteiger partial charge in [-0.25, -0.2) is 9.67 Å². The summed E-state index contributed by atoms with van der Waals surface area (Å²) in [5, 5.41) is 20.1. The van der Waals surface area contributed by atoms with Crippen LogP contribution in [0.1, 0.15) is 20.3 Å². The van der Waals surface area contributed by atoms with Gasteiger partial charge in [0.25, 0.3) is 5.56 Å². The second-order valence-corrected chi connectivity index (χ2v) is 6.49. The van der Waals surface area contributed by atoms with Crippen molar-refractivity contribution in [2.24, 2.45) is 10.7 Å². The van der Waals surface area contributed by atoms with Crippen LogP contribution < -0.4 is 16.6 Å². The second-order valence-electron chi connectivity index (χ2n) is 6.49. The van der Waals surface area contributed by atoms with E-state index in [0.29, 0.717) is 23.8 Å². The number of aliphatic hydroxyl groups is 1. The van der Waals surface area contributed by atoms with Gasteiger partial charge in [0.2, 0.25) is 0 Å². The summed E-state index contributed by atoms with van der Waals surface area (Å²) >= 11 is 0. The van der Waals surface area contributed by atoms with Gasteiger partial charge in [-0.05, 0) is 26.3 Å². The lowest BCUT2D eigenvalue weighted by Crippen LogP contribution is -2.21. The molecule has 5 N–H and O–H groups in total. The highest BCUT2D eigenvalue weighted by Crippen LogP contribution is 2.27. The molecule has 0 atom stereocenters. The average molecular weight is 360 g/mol. The Bertz CT molecular complexity index is 872. The highest BCUT2D eigenvalue weighted by atomic mass is 16.5. The lowest BCUT2D eigenvalue weighted by Gasteiger charge is -2.15. The highest BCUT2D eigenvalue weighted by molar-refractivity contribution is 6.22. The number of hydrogen-bond acceptors (Lipinski definition) is 7. The molecule has 0 unspecified atom stereocenters. The van der Waals surface area contributed by atoms with Crippen molar-refractivity contribution in [3.8, 4) is 0 Å². The van der Waals surface area contributed by atoms with E-state index >= 15 is 0 Å². The Morgan fingerprint density at radius 2 is 2.12 bits per heavy atom. The molecule has 0 radical (unpaired) electrons. The van der Waals surface area contributed by atoms with Crippen LogP contribution in [0.2, 0.25) is 0 Å². The molecule has 0 amide bonds. The number of nitrogens with zero attached hydrogens (tertiary/aromatic N) is 3. The largest absolute Gasteiger partial charge is 0.489 e. The van der Waals surface area contributed by atoms with E-state index in [0.717, 1.165) is 13.0 Å². The molecule has 0 saturated heterocycles. The predicted octanol–water partition coefficient (Wildman–Crippen LogP) is 0.715. The average Bonchev–Trinajstić information content (AvgIpc) is 3.14. The molecule has 0 bridgehead atoms. The van der Waals surface area contributed by atoms with E-state index in [1.165, 1.54) is 12.2 Å². The fraction of sp³-hybridized carbons (Fsp3) is 0.471. The van der Waals surface area contributed by atoms with E-state index in [-0.39, 0.29) is 42.0 Å². The molecule has 1 aromatic rings. The minimum Gasteiger partial charge on any atom is -0.489 e. The van der Waals surface area contributed by atoms with E-state index < -0.39 is 0 Å². The number of anilines is 1. The van der Waals surface area contributed by atoms with Crippen molar-refractivity contribution in [3.63, 3.8) is 0 Å². The molecule has 26 heavy (non-hydrogen) atoms. The van der Waals surface area contributed by atoms with Crippen molar-refractivity contribution >= 4 is 22.9 Å². The van der Waals surface area contributed by atoms with Crippen LogP contribution in [-0.4, -0.2) is 45.1 Å².